The van der Waals surface area contributed by atoms with Crippen molar-refractivity contribution in [2.75, 3.05) is 40.3 Å². The zero-order valence-electron chi connectivity index (χ0n) is 31.0. The Labute approximate surface area is 307 Å². The number of rotatable bonds is 18. The highest BCUT2D eigenvalue weighted by Crippen LogP contribution is 2.19. The van der Waals surface area contributed by atoms with Crippen LogP contribution in [0, 0.1) is 5.92 Å². The second kappa shape index (κ2) is 21.6. The lowest BCUT2D eigenvalue weighted by Gasteiger charge is -2.35. The van der Waals surface area contributed by atoms with Gasteiger partial charge < -0.3 is 47.3 Å². The Bertz CT molecular complexity index is 1420. The predicted molar refractivity (Wildman–Crippen MR) is 200 cm³/mol. The van der Waals surface area contributed by atoms with Crippen LogP contribution in [0.1, 0.15) is 69.5 Å². The fourth-order valence-corrected chi connectivity index (χ4v) is 6.33. The molecule has 0 spiro atoms. The molecule has 14 nitrogen and oxygen atoms in total. The van der Waals surface area contributed by atoms with Gasteiger partial charge in [0.15, 0.2) is 0 Å². The van der Waals surface area contributed by atoms with E-state index in [0.717, 1.165) is 11.1 Å². The molecule has 3 rings (SSSR count). The molecule has 6 amide bonds. The van der Waals surface area contributed by atoms with Crippen molar-refractivity contribution in [2.24, 2.45) is 17.4 Å². The Morgan fingerprint density at radius 1 is 0.846 bits per heavy atom. The molecule has 8 N–H and O–H groups in total. The number of ether oxygens (including phenoxy) is 1. The molecule has 2 aromatic carbocycles. The summed E-state index contributed by atoms with van der Waals surface area (Å²) in [7, 11) is 2.94. The maximum absolute atomic E-state index is 14.0. The van der Waals surface area contributed by atoms with Crippen LogP contribution in [0.5, 0.6) is 0 Å². The van der Waals surface area contributed by atoms with E-state index in [2.05, 4.69) is 21.3 Å². The van der Waals surface area contributed by atoms with Crippen molar-refractivity contribution < 1.29 is 28.7 Å². The third-order valence-corrected chi connectivity index (χ3v) is 9.31. The Morgan fingerprint density at radius 2 is 1.44 bits per heavy atom. The van der Waals surface area contributed by atoms with Gasteiger partial charge in [0.2, 0.25) is 17.7 Å². The SMILES string of the molecule is COC(=O)NC1CCN(C(=O)[C@@H](CCCCN)NC(=O)[C@@H](CC(C)C)NC(=O)[C@@H](Cc2ccccc2)NC(=O)N(C)C(CN)c2ccccc2)CC1. The Balaban J connectivity index is 1.78. The van der Waals surface area contributed by atoms with Crippen LogP contribution in [0.15, 0.2) is 60.7 Å². The largest absolute Gasteiger partial charge is 0.453 e. The zero-order valence-corrected chi connectivity index (χ0v) is 31.0. The molecule has 1 aliphatic heterocycles. The molecule has 0 saturated carbocycles. The molecule has 2 aromatic rings. The molecule has 14 heteroatoms. The van der Waals surface area contributed by atoms with Crippen LogP contribution in [0.25, 0.3) is 0 Å². The molecule has 1 unspecified atom stereocenters. The van der Waals surface area contributed by atoms with Gasteiger partial charge in [-0.2, -0.15) is 0 Å². The summed E-state index contributed by atoms with van der Waals surface area (Å²) in [5.41, 5.74) is 13.5. The highest BCUT2D eigenvalue weighted by Gasteiger charge is 2.34. The van der Waals surface area contributed by atoms with Crippen molar-refractivity contribution in [3.05, 3.63) is 71.8 Å². The smallest absolute Gasteiger partial charge is 0.407 e. The topological polar surface area (TPSA) is 201 Å². The van der Waals surface area contributed by atoms with Crippen molar-refractivity contribution in [3.63, 3.8) is 0 Å². The summed E-state index contributed by atoms with van der Waals surface area (Å²) in [6, 6.07) is 14.9. The van der Waals surface area contributed by atoms with Crippen LogP contribution in [0.3, 0.4) is 0 Å². The second-order valence-corrected chi connectivity index (χ2v) is 13.7. The molecular weight excluding hydrogens is 664 g/mol. The van der Waals surface area contributed by atoms with Gasteiger partial charge in [-0.1, -0.05) is 74.5 Å². The summed E-state index contributed by atoms with van der Waals surface area (Å²) in [4.78, 5) is 70.2. The average molecular weight is 723 g/mol. The minimum absolute atomic E-state index is 0.0215. The van der Waals surface area contributed by atoms with E-state index in [0.29, 0.717) is 58.2 Å². The number of hydrogen-bond acceptors (Lipinski definition) is 8. The number of carbonyl (C=O) groups excluding carboxylic acids is 5. The van der Waals surface area contributed by atoms with Gasteiger partial charge in [0, 0.05) is 39.1 Å². The number of unbranched alkanes of at least 4 members (excludes halogenated alkanes) is 1. The van der Waals surface area contributed by atoms with E-state index in [-0.39, 0.29) is 30.8 Å². The number of likely N-dealkylation sites (tertiary alicyclic amines) is 1. The molecule has 1 saturated heterocycles. The zero-order chi connectivity index (χ0) is 38.0. The van der Waals surface area contributed by atoms with E-state index in [1.54, 1.807) is 11.9 Å². The molecule has 0 aliphatic carbocycles. The van der Waals surface area contributed by atoms with E-state index in [1.807, 2.05) is 74.5 Å². The monoisotopic (exact) mass is 722 g/mol. The number of nitrogens with two attached hydrogens (primary N) is 2. The summed E-state index contributed by atoms with van der Waals surface area (Å²) in [5.74, 6) is -1.21. The van der Waals surface area contributed by atoms with E-state index >= 15 is 0 Å². The maximum Gasteiger partial charge on any atom is 0.407 e. The van der Waals surface area contributed by atoms with Crippen molar-refractivity contribution in [1.29, 1.82) is 0 Å². The summed E-state index contributed by atoms with van der Waals surface area (Å²) in [6.07, 6.45) is 2.77. The molecule has 0 aromatic heterocycles. The highest BCUT2D eigenvalue weighted by atomic mass is 16.5. The van der Waals surface area contributed by atoms with Crippen LogP contribution in [0.4, 0.5) is 9.59 Å². The maximum atomic E-state index is 14.0. The number of methoxy groups -OCH3 is 1. The number of likely N-dealkylation sites (N-methyl/N-ethyl adjacent to an activating group) is 1. The lowest BCUT2D eigenvalue weighted by Crippen LogP contribution is -2.59. The molecule has 0 radical (unpaired) electrons. The molecule has 1 heterocycles. The molecule has 52 heavy (non-hydrogen) atoms. The standard InChI is InChI=1S/C38H58N8O6/c1-26(2)23-31(34(47)42-30(17-11-12-20-39)36(49)46-21-18-29(19-22-46)41-38(51)52-4)43-35(48)32(24-27-13-7-5-8-14-27)44-37(50)45(3)33(25-40)28-15-9-6-10-16-28/h5-10,13-16,26,29-33H,11-12,17-25,39-40H2,1-4H3,(H,41,51)(H,42,47)(H,43,48)(H,44,50)/t30-,31-,32-,33?/m1/s1. The number of nitrogens with zero attached hydrogens (tertiary/aromatic N) is 2. The van der Waals surface area contributed by atoms with E-state index < -0.39 is 48.1 Å². The summed E-state index contributed by atoms with van der Waals surface area (Å²) in [6.45, 7) is 5.33. The van der Waals surface area contributed by atoms with Gasteiger partial charge in [-0.05, 0) is 62.1 Å². The fourth-order valence-electron chi connectivity index (χ4n) is 6.33. The highest BCUT2D eigenvalue weighted by molar-refractivity contribution is 5.94. The summed E-state index contributed by atoms with van der Waals surface area (Å²) >= 11 is 0. The van der Waals surface area contributed by atoms with E-state index in [1.165, 1.54) is 12.0 Å². The lowest BCUT2D eigenvalue weighted by atomic mass is 9.99. The molecular formula is C38H58N8O6. The fraction of sp³-hybridized carbons (Fsp3) is 0.553. The molecule has 0 bridgehead atoms. The van der Waals surface area contributed by atoms with Gasteiger partial charge in [0.05, 0.1) is 13.2 Å². The predicted octanol–water partition coefficient (Wildman–Crippen LogP) is 2.43. The summed E-state index contributed by atoms with van der Waals surface area (Å²) in [5, 5.41) is 11.5. The van der Waals surface area contributed by atoms with E-state index in [9.17, 15) is 24.0 Å². The lowest BCUT2D eigenvalue weighted by molar-refractivity contribution is -0.138. The molecule has 4 atom stereocenters. The quantitative estimate of drug-likeness (QED) is 0.126. The third kappa shape index (κ3) is 13.1. The number of hydrogen-bond donors (Lipinski definition) is 6. The number of nitrogens with one attached hydrogen (secondary N) is 4. The first-order valence-electron chi connectivity index (χ1n) is 18.2. The van der Waals surface area contributed by atoms with E-state index in [4.69, 9.17) is 16.2 Å². The van der Waals surface area contributed by atoms with Crippen molar-refractivity contribution >= 4 is 29.8 Å². The first-order valence-corrected chi connectivity index (χ1v) is 18.2. The second-order valence-electron chi connectivity index (χ2n) is 13.7. The van der Waals surface area contributed by atoms with Gasteiger partial charge in [-0.3, -0.25) is 14.4 Å². The number of urea groups is 1. The first kappa shape index (κ1) is 41.7. The van der Waals surface area contributed by atoms with Crippen molar-refractivity contribution in [1.82, 2.24) is 31.1 Å². The Hall–Kier alpha value is -4.69. The molecule has 286 valence electrons. The van der Waals surface area contributed by atoms with Gasteiger partial charge in [-0.15, -0.1) is 0 Å². The van der Waals surface area contributed by atoms with Gasteiger partial charge in [0.25, 0.3) is 0 Å². The average Bonchev–Trinajstić information content (AvgIpc) is 3.14. The van der Waals surface area contributed by atoms with Gasteiger partial charge >= 0.3 is 12.1 Å². The number of alkyl carbamates (subject to hydrolysis) is 1. The van der Waals surface area contributed by atoms with Crippen molar-refractivity contribution in [3.8, 4) is 0 Å². The van der Waals surface area contributed by atoms with Gasteiger partial charge in [-0.25, -0.2) is 9.59 Å². The van der Waals surface area contributed by atoms with Crippen LogP contribution < -0.4 is 32.7 Å². The summed E-state index contributed by atoms with van der Waals surface area (Å²) < 4.78 is 4.70. The third-order valence-electron chi connectivity index (χ3n) is 9.31. The van der Waals surface area contributed by atoms with Crippen LogP contribution in [-0.2, 0) is 25.5 Å². The first-order chi connectivity index (χ1) is 25.0. The number of piperidine rings is 1. The number of carbonyl (C=O) groups is 5. The number of benzene rings is 2. The van der Waals surface area contributed by atoms with Crippen LogP contribution in [0.2, 0.25) is 0 Å². The van der Waals surface area contributed by atoms with Crippen LogP contribution in [-0.4, -0.2) is 104 Å². The van der Waals surface area contributed by atoms with Gasteiger partial charge in [0.1, 0.15) is 18.1 Å². The Morgan fingerprint density at radius 3 is 2.02 bits per heavy atom. The number of amides is 6. The molecule has 1 aliphatic rings. The normalized spacial score (nSPS) is 15.5. The molecule has 1 fully saturated rings. The van der Waals surface area contributed by atoms with Crippen LogP contribution >= 0.6 is 0 Å². The minimum atomic E-state index is -1.02. The minimum Gasteiger partial charge on any atom is -0.453 e. The van der Waals surface area contributed by atoms with Crippen molar-refractivity contribution in [2.45, 2.75) is 89.0 Å². The Kier molecular flexibility index (Phi) is 17.4.